The fraction of sp³-hybridized carbons (Fsp3) is 0.920. The van der Waals surface area contributed by atoms with Crippen molar-refractivity contribution in [1.29, 1.82) is 0 Å². The van der Waals surface area contributed by atoms with Crippen LogP contribution in [0.15, 0.2) is 0 Å². The summed E-state index contributed by atoms with van der Waals surface area (Å²) in [6.07, 6.45) is 5.62. The molecule has 0 N–H and O–H groups in total. The maximum Gasteiger partial charge on any atom is 0.259 e. The van der Waals surface area contributed by atoms with Crippen molar-refractivity contribution in [2.75, 3.05) is 52.9 Å². The van der Waals surface area contributed by atoms with E-state index in [0.717, 1.165) is 50.2 Å². The van der Waals surface area contributed by atoms with Crippen molar-refractivity contribution in [1.82, 2.24) is 4.67 Å². The molecule has 0 aliphatic heterocycles. The molecule has 186 valence electrons. The molecule has 1 fully saturated rings. The summed E-state index contributed by atoms with van der Waals surface area (Å²) in [5, 5.41) is 0. The van der Waals surface area contributed by atoms with Gasteiger partial charge in [0.05, 0.1) is 52.9 Å². The number of ether oxygens (including phenoxy) is 3. The molecule has 0 bridgehead atoms. The van der Waals surface area contributed by atoms with Crippen molar-refractivity contribution in [3.63, 3.8) is 0 Å². The summed E-state index contributed by atoms with van der Waals surface area (Å²) < 4.78 is 31.5. The number of hydrogen-bond acceptors (Lipinski definition) is 6. The van der Waals surface area contributed by atoms with E-state index in [9.17, 15) is 0 Å². The smallest absolute Gasteiger partial charge is 0.259 e. The zero-order valence-electron chi connectivity index (χ0n) is 21.0. The minimum absolute atomic E-state index is 0.376. The predicted molar refractivity (Wildman–Crippen MR) is 130 cm³/mol. The van der Waals surface area contributed by atoms with E-state index in [2.05, 4.69) is 51.1 Å². The van der Waals surface area contributed by atoms with Gasteiger partial charge >= 0.3 is 0 Å². The summed E-state index contributed by atoms with van der Waals surface area (Å²) in [4.78, 5) is 0. The summed E-state index contributed by atoms with van der Waals surface area (Å²) >= 11 is 0. The molecule has 1 saturated carbocycles. The molecule has 7 heteroatoms. The lowest BCUT2D eigenvalue weighted by molar-refractivity contribution is 0.00555. The molecule has 2 aliphatic carbocycles. The van der Waals surface area contributed by atoms with Crippen LogP contribution in [0.2, 0.25) is 0 Å². The summed E-state index contributed by atoms with van der Waals surface area (Å²) in [7, 11) is -1.05. The number of rotatable bonds is 18. The molecule has 0 amide bonds. The van der Waals surface area contributed by atoms with E-state index >= 15 is 0 Å². The summed E-state index contributed by atoms with van der Waals surface area (Å²) in [5.41, 5.74) is 0. The lowest BCUT2D eigenvalue weighted by Crippen LogP contribution is -2.34. The van der Waals surface area contributed by atoms with Gasteiger partial charge in [0, 0.05) is 24.9 Å². The van der Waals surface area contributed by atoms with Crippen molar-refractivity contribution in [3.05, 3.63) is 0 Å². The number of hydrogen-bond donors (Lipinski definition) is 0. The maximum absolute atomic E-state index is 6.05. The molecular formula is C25H46NO5P. The molecule has 0 aromatic heterocycles. The van der Waals surface area contributed by atoms with E-state index in [1.165, 1.54) is 12.8 Å². The molecule has 0 heterocycles. The first-order chi connectivity index (χ1) is 15.6. The van der Waals surface area contributed by atoms with E-state index in [0.29, 0.717) is 51.7 Å². The Morgan fingerprint density at radius 2 is 1.25 bits per heavy atom. The Hall–Kier alpha value is -0.250. The van der Waals surface area contributed by atoms with Gasteiger partial charge in [0.1, 0.15) is 0 Å². The highest BCUT2D eigenvalue weighted by Crippen LogP contribution is 2.52. The molecular weight excluding hydrogens is 425 g/mol. The maximum atomic E-state index is 6.05. The molecule has 4 atom stereocenters. The monoisotopic (exact) mass is 471 g/mol. The van der Waals surface area contributed by atoms with E-state index in [1.54, 1.807) is 0 Å². The molecule has 6 nitrogen and oxygen atoms in total. The zero-order valence-corrected chi connectivity index (χ0v) is 21.9. The van der Waals surface area contributed by atoms with Gasteiger partial charge in [0.2, 0.25) is 0 Å². The zero-order chi connectivity index (χ0) is 23.2. The van der Waals surface area contributed by atoms with E-state index < -0.39 is 8.53 Å². The number of fused-ring (bicyclic) bond motifs is 1. The van der Waals surface area contributed by atoms with Gasteiger partial charge in [-0.2, -0.15) is 0 Å². The van der Waals surface area contributed by atoms with Crippen LogP contribution < -0.4 is 0 Å². The topological polar surface area (TPSA) is 49.4 Å². The third kappa shape index (κ3) is 10.3. The Bertz CT molecular complexity index is 524. The van der Waals surface area contributed by atoms with Crippen LogP contribution in [-0.4, -0.2) is 69.6 Å². The molecule has 32 heavy (non-hydrogen) atoms. The summed E-state index contributed by atoms with van der Waals surface area (Å²) in [6.45, 7) is 16.0. The summed E-state index contributed by atoms with van der Waals surface area (Å²) in [6, 6.07) is 0.753. The fourth-order valence-corrected chi connectivity index (χ4v) is 6.09. The van der Waals surface area contributed by atoms with E-state index in [4.69, 9.17) is 23.3 Å². The second-order valence-corrected chi connectivity index (χ2v) is 10.6. The van der Waals surface area contributed by atoms with Gasteiger partial charge in [-0.05, 0) is 64.7 Å². The van der Waals surface area contributed by atoms with Crippen molar-refractivity contribution in [2.24, 2.45) is 17.8 Å². The normalized spacial score (nSPS) is 23.6. The van der Waals surface area contributed by atoms with Crippen molar-refractivity contribution < 1.29 is 23.3 Å². The van der Waals surface area contributed by atoms with Gasteiger partial charge in [-0.15, -0.1) is 11.8 Å². The molecule has 2 aliphatic rings. The van der Waals surface area contributed by atoms with Crippen LogP contribution in [0.4, 0.5) is 0 Å². The van der Waals surface area contributed by atoms with Crippen LogP contribution in [0.3, 0.4) is 0 Å². The lowest BCUT2D eigenvalue weighted by atomic mass is 10.1. The van der Waals surface area contributed by atoms with Crippen LogP contribution in [0.25, 0.3) is 0 Å². The summed E-state index contributed by atoms with van der Waals surface area (Å²) in [5.74, 6) is 8.97. The largest absolute Gasteiger partial charge is 0.379 e. The van der Waals surface area contributed by atoms with Crippen LogP contribution in [0.5, 0.6) is 0 Å². The molecule has 0 radical (unpaired) electrons. The average Bonchev–Trinajstić information content (AvgIpc) is 3.37. The van der Waals surface area contributed by atoms with E-state index in [-0.39, 0.29) is 0 Å². The average molecular weight is 472 g/mol. The SMILES string of the molecule is CCCOP(OCCOCCOCCOC[C@@H]1[C@@H]2CCC#CCC[C@@H]21)N(C(C)C)C(C)C. The highest BCUT2D eigenvalue weighted by molar-refractivity contribution is 7.44. The quantitative estimate of drug-likeness (QED) is 0.154. The van der Waals surface area contributed by atoms with Crippen molar-refractivity contribution in [3.8, 4) is 11.8 Å². The second-order valence-electron chi connectivity index (χ2n) is 9.19. The predicted octanol–water partition coefficient (Wildman–Crippen LogP) is 5.26. The second kappa shape index (κ2) is 16.4. The van der Waals surface area contributed by atoms with Gasteiger partial charge in [-0.25, -0.2) is 4.67 Å². The highest BCUT2D eigenvalue weighted by atomic mass is 31.2. The van der Waals surface area contributed by atoms with Gasteiger partial charge in [-0.1, -0.05) is 6.92 Å². The van der Waals surface area contributed by atoms with Crippen LogP contribution in [0.1, 0.15) is 66.7 Å². The van der Waals surface area contributed by atoms with Crippen LogP contribution in [0, 0.1) is 29.6 Å². The number of nitrogens with zero attached hydrogens (tertiary/aromatic N) is 1. The Balaban J connectivity index is 1.44. The third-order valence-corrected chi connectivity index (χ3v) is 8.08. The lowest BCUT2D eigenvalue weighted by Gasteiger charge is -2.35. The third-order valence-electron chi connectivity index (χ3n) is 5.98. The van der Waals surface area contributed by atoms with Crippen LogP contribution >= 0.6 is 8.53 Å². The first kappa shape index (κ1) is 28.0. The van der Waals surface area contributed by atoms with Gasteiger partial charge in [-0.3, -0.25) is 0 Å². The first-order valence-electron chi connectivity index (χ1n) is 12.6. The van der Waals surface area contributed by atoms with E-state index in [1.807, 2.05) is 0 Å². The van der Waals surface area contributed by atoms with Crippen molar-refractivity contribution in [2.45, 2.75) is 78.8 Å². The Morgan fingerprint density at radius 1 is 0.750 bits per heavy atom. The molecule has 1 unspecified atom stereocenters. The molecule has 2 rings (SSSR count). The Morgan fingerprint density at radius 3 is 1.78 bits per heavy atom. The Labute approximate surface area is 198 Å². The van der Waals surface area contributed by atoms with Gasteiger partial charge in [0.15, 0.2) is 0 Å². The highest BCUT2D eigenvalue weighted by Gasteiger charge is 2.48. The first-order valence-corrected chi connectivity index (χ1v) is 13.7. The van der Waals surface area contributed by atoms with Gasteiger partial charge < -0.3 is 23.3 Å². The molecule has 0 spiro atoms. The Kier molecular flexibility index (Phi) is 14.3. The minimum atomic E-state index is -1.05. The van der Waals surface area contributed by atoms with Crippen LogP contribution in [-0.2, 0) is 23.3 Å². The standard InChI is InChI=1S/C25H46NO5P/c1-6-13-30-32(26(21(2)3)22(4)5)31-19-18-28-15-14-27-16-17-29-20-25-23-11-9-7-8-10-12-24(23)25/h21-25H,6,9-20H2,1-5H3/t23-,24+,25-,32?. The minimum Gasteiger partial charge on any atom is -0.379 e. The fourth-order valence-electron chi connectivity index (χ4n) is 4.43. The van der Waals surface area contributed by atoms with Crippen molar-refractivity contribution >= 4 is 8.53 Å². The molecule has 0 aromatic carbocycles. The molecule has 0 saturated heterocycles. The van der Waals surface area contributed by atoms with Gasteiger partial charge in [0.25, 0.3) is 8.53 Å². The molecule has 0 aromatic rings.